The van der Waals surface area contributed by atoms with E-state index in [4.69, 9.17) is 8.60 Å². The van der Waals surface area contributed by atoms with Gasteiger partial charge in [-0.15, -0.1) is 0 Å². The third-order valence-corrected chi connectivity index (χ3v) is 3.85. The molecule has 2 aromatic carbocycles. The lowest BCUT2D eigenvalue weighted by Gasteiger charge is -2.06. The standard InChI is InChI=1S/C17H14O5S/c1-11-3-5-12(6-4-11)15-10-21-16-9-13(22-23(2,19)20)7-8-14(16)17(15)18/h3-10H,1-2H3. The fourth-order valence-electron chi connectivity index (χ4n) is 2.27. The van der Waals surface area contributed by atoms with Crippen molar-refractivity contribution in [1.29, 1.82) is 0 Å². The predicted octanol–water partition coefficient (Wildman–Crippen LogP) is 3.11. The highest BCUT2D eigenvalue weighted by molar-refractivity contribution is 7.86. The SMILES string of the molecule is Cc1ccc(-c2coc3cc(OS(C)(=O)=O)ccc3c2=O)cc1. The highest BCUT2D eigenvalue weighted by Crippen LogP contribution is 2.23. The Hall–Kier alpha value is -2.60. The van der Waals surface area contributed by atoms with Gasteiger partial charge < -0.3 is 8.60 Å². The molecule has 0 radical (unpaired) electrons. The first-order chi connectivity index (χ1) is 10.8. The van der Waals surface area contributed by atoms with Gasteiger partial charge in [-0.05, 0) is 24.6 Å². The minimum absolute atomic E-state index is 0.103. The summed E-state index contributed by atoms with van der Waals surface area (Å²) < 4.78 is 32.6. The average molecular weight is 330 g/mol. The molecule has 0 atom stereocenters. The molecule has 0 aliphatic heterocycles. The smallest absolute Gasteiger partial charge is 0.306 e. The minimum atomic E-state index is -3.63. The lowest BCUT2D eigenvalue weighted by atomic mass is 10.0. The average Bonchev–Trinajstić information content (AvgIpc) is 2.47. The molecule has 1 aromatic heterocycles. The van der Waals surface area contributed by atoms with Gasteiger partial charge in [-0.2, -0.15) is 8.42 Å². The highest BCUT2D eigenvalue weighted by Gasteiger charge is 2.11. The number of rotatable bonds is 3. The Morgan fingerprint density at radius 1 is 1.04 bits per heavy atom. The molecule has 118 valence electrons. The topological polar surface area (TPSA) is 73.6 Å². The maximum atomic E-state index is 12.6. The zero-order valence-corrected chi connectivity index (χ0v) is 13.4. The second kappa shape index (κ2) is 5.55. The number of benzene rings is 2. The summed E-state index contributed by atoms with van der Waals surface area (Å²) in [4.78, 5) is 12.6. The van der Waals surface area contributed by atoms with E-state index in [1.165, 1.54) is 24.5 Å². The first kappa shape index (κ1) is 15.3. The normalized spacial score (nSPS) is 11.6. The van der Waals surface area contributed by atoms with Crippen molar-refractivity contribution in [3.05, 3.63) is 64.5 Å². The zero-order valence-electron chi connectivity index (χ0n) is 12.6. The van der Waals surface area contributed by atoms with E-state index in [1.54, 1.807) is 0 Å². The van der Waals surface area contributed by atoms with E-state index in [1.807, 2.05) is 31.2 Å². The summed E-state index contributed by atoms with van der Waals surface area (Å²) in [7, 11) is -3.63. The second-order valence-electron chi connectivity index (χ2n) is 5.29. The van der Waals surface area contributed by atoms with Crippen LogP contribution in [0.5, 0.6) is 5.75 Å². The van der Waals surface area contributed by atoms with Crippen molar-refractivity contribution in [2.24, 2.45) is 0 Å². The Balaban J connectivity index is 2.11. The summed E-state index contributed by atoms with van der Waals surface area (Å²) in [6.45, 7) is 1.97. The van der Waals surface area contributed by atoms with Crippen LogP contribution in [0.3, 0.4) is 0 Å². The van der Waals surface area contributed by atoms with Crippen molar-refractivity contribution in [3.8, 4) is 16.9 Å². The van der Waals surface area contributed by atoms with Crippen molar-refractivity contribution >= 4 is 21.1 Å². The van der Waals surface area contributed by atoms with Gasteiger partial charge in [0, 0.05) is 6.07 Å². The molecular weight excluding hydrogens is 316 g/mol. The van der Waals surface area contributed by atoms with E-state index in [-0.39, 0.29) is 16.8 Å². The molecule has 5 nitrogen and oxygen atoms in total. The molecule has 0 amide bonds. The molecule has 0 aliphatic carbocycles. The molecule has 0 fully saturated rings. The quantitative estimate of drug-likeness (QED) is 0.690. The zero-order chi connectivity index (χ0) is 16.6. The molecule has 3 rings (SSSR count). The van der Waals surface area contributed by atoms with Gasteiger partial charge in [-0.1, -0.05) is 29.8 Å². The van der Waals surface area contributed by atoms with E-state index in [0.29, 0.717) is 10.9 Å². The van der Waals surface area contributed by atoms with E-state index in [9.17, 15) is 13.2 Å². The molecule has 0 bridgehead atoms. The van der Waals surface area contributed by atoms with E-state index in [2.05, 4.69) is 0 Å². The summed E-state index contributed by atoms with van der Waals surface area (Å²) >= 11 is 0. The highest BCUT2D eigenvalue weighted by atomic mass is 32.2. The van der Waals surface area contributed by atoms with Crippen LogP contribution in [0.2, 0.25) is 0 Å². The molecule has 0 aliphatic rings. The van der Waals surface area contributed by atoms with Crippen LogP contribution in [-0.2, 0) is 10.1 Å². The monoisotopic (exact) mass is 330 g/mol. The lowest BCUT2D eigenvalue weighted by Crippen LogP contribution is -2.07. The van der Waals surface area contributed by atoms with Crippen molar-refractivity contribution in [2.45, 2.75) is 6.92 Å². The van der Waals surface area contributed by atoms with Gasteiger partial charge in [0.05, 0.1) is 17.2 Å². The molecule has 6 heteroatoms. The van der Waals surface area contributed by atoms with Crippen molar-refractivity contribution < 1.29 is 17.0 Å². The molecule has 3 aromatic rings. The summed E-state index contributed by atoms with van der Waals surface area (Å²) in [5, 5.41) is 0.365. The van der Waals surface area contributed by atoms with Gasteiger partial charge in [-0.25, -0.2) is 0 Å². The Bertz CT molecular complexity index is 1030. The summed E-state index contributed by atoms with van der Waals surface area (Å²) in [6.07, 6.45) is 2.33. The molecular formula is C17H14O5S. The largest absolute Gasteiger partial charge is 0.463 e. The Kier molecular flexibility index (Phi) is 3.69. The molecule has 1 heterocycles. The Morgan fingerprint density at radius 3 is 2.39 bits per heavy atom. The number of aryl methyl sites for hydroxylation is 1. The van der Waals surface area contributed by atoms with Gasteiger partial charge in [0.25, 0.3) is 0 Å². The fourth-order valence-corrected chi connectivity index (χ4v) is 2.72. The van der Waals surface area contributed by atoms with Gasteiger partial charge in [0.1, 0.15) is 17.6 Å². The summed E-state index contributed by atoms with van der Waals surface area (Å²) in [5.41, 5.74) is 2.41. The maximum Gasteiger partial charge on any atom is 0.306 e. The Labute approximate surface area is 133 Å². The molecule has 0 saturated carbocycles. The van der Waals surface area contributed by atoms with Crippen molar-refractivity contribution in [2.75, 3.05) is 6.26 Å². The summed E-state index contributed by atoms with van der Waals surface area (Å²) in [6, 6.07) is 11.9. The van der Waals surface area contributed by atoms with Crippen LogP contribution >= 0.6 is 0 Å². The fraction of sp³-hybridized carbons (Fsp3) is 0.118. The molecule has 0 unspecified atom stereocenters. The van der Waals surface area contributed by atoms with Gasteiger partial charge in [0.15, 0.2) is 5.43 Å². The first-order valence-electron chi connectivity index (χ1n) is 6.85. The van der Waals surface area contributed by atoms with Crippen LogP contribution in [0.25, 0.3) is 22.1 Å². The van der Waals surface area contributed by atoms with Crippen LogP contribution in [0, 0.1) is 6.92 Å². The number of hydrogen-bond acceptors (Lipinski definition) is 5. The van der Waals surface area contributed by atoms with Crippen LogP contribution in [-0.4, -0.2) is 14.7 Å². The number of hydrogen-bond donors (Lipinski definition) is 0. The molecule has 23 heavy (non-hydrogen) atoms. The van der Waals surface area contributed by atoms with Crippen molar-refractivity contribution in [3.63, 3.8) is 0 Å². The van der Waals surface area contributed by atoms with Gasteiger partial charge in [0.2, 0.25) is 0 Å². The third kappa shape index (κ3) is 3.27. The van der Waals surface area contributed by atoms with Crippen LogP contribution in [0.1, 0.15) is 5.56 Å². The number of fused-ring (bicyclic) bond motifs is 1. The first-order valence-corrected chi connectivity index (χ1v) is 8.67. The van der Waals surface area contributed by atoms with Crippen LogP contribution in [0.15, 0.2) is 57.9 Å². The van der Waals surface area contributed by atoms with Crippen molar-refractivity contribution in [1.82, 2.24) is 0 Å². The molecule has 0 N–H and O–H groups in total. The maximum absolute atomic E-state index is 12.6. The van der Waals surface area contributed by atoms with E-state index >= 15 is 0 Å². The summed E-state index contributed by atoms with van der Waals surface area (Å²) in [5.74, 6) is 0.103. The van der Waals surface area contributed by atoms with Gasteiger partial charge in [-0.3, -0.25) is 4.79 Å². The second-order valence-corrected chi connectivity index (χ2v) is 6.86. The van der Waals surface area contributed by atoms with E-state index in [0.717, 1.165) is 17.4 Å². The molecule has 0 saturated heterocycles. The minimum Gasteiger partial charge on any atom is -0.463 e. The Morgan fingerprint density at radius 2 is 1.74 bits per heavy atom. The van der Waals surface area contributed by atoms with Crippen LogP contribution in [0.4, 0.5) is 0 Å². The molecule has 0 spiro atoms. The van der Waals surface area contributed by atoms with Gasteiger partial charge >= 0.3 is 10.1 Å². The third-order valence-electron chi connectivity index (χ3n) is 3.36. The lowest BCUT2D eigenvalue weighted by molar-refractivity contribution is 0.492. The van der Waals surface area contributed by atoms with E-state index < -0.39 is 10.1 Å². The van der Waals surface area contributed by atoms with Crippen LogP contribution < -0.4 is 9.61 Å². The predicted molar refractivity (Wildman–Crippen MR) is 88.1 cm³/mol.